The number of nitrogens with two attached hydrogens (primary N) is 1. The summed E-state index contributed by atoms with van der Waals surface area (Å²) in [5, 5.41) is 12.7. The molecular weight excluding hydrogens is 192 g/mol. The lowest BCUT2D eigenvalue weighted by Gasteiger charge is -2.16. The van der Waals surface area contributed by atoms with Crippen LogP contribution in [-0.2, 0) is 0 Å². The lowest BCUT2D eigenvalue weighted by atomic mass is 10.1. The fourth-order valence-electron chi connectivity index (χ4n) is 1.08. The van der Waals surface area contributed by atoms with E-state index in [4.69, 9.17) is 5.73 Å². The predicted octanol–water partition coefficient (Wildman–Crippen LogP) is 0.796. The summed E-state index contributed by atoms with van der Waals surface area (Å²) < 4.78 is 0. The molecule has 1 aromatic rings. The van der Waals surface area contributed by atoms with Gasteiger partial charge in [-0.25, -0.2) is 9.97 Å². The van der Waals surface area contributed by atoms with Crippen LogP contribution in [0.1, 0.15) is 19.4 Å². The summed E-state index contributed by atoms with van der Waals surface area (Å²) in [7, 11) is 0. The standard InChI is InChI=1S/C10H18N4O/c1-6(2)8(15)4-12-10-7(3)9(11)13-5-14-10/h5-6,8,15H,4H2,1-3H3,(H3,11,12,13,14). The van der Waals surface area contributed by atoms with E-state index < -0.39 is 0 Å². The molecule has 5 heteroatoms. The Morgan fingerprint density at radius 1 is 1.47 bits per heavy atom. The smallest absolute Gasteiger partial charge is 0.134 e. The summed E-state index contributed by atoms with van der Waals surface area (Å²) >= 11 is 0. The lowest BCUT2D eigenvalue weighted by molar-refractivity contribution is 0.138. The molecule has 0 bridgehead atoms. The van der Waals surface area contributed by atoms with Crippen molar-refractivity contribution in [2.24, 2.45) is 5.92 Å². The molecule has 0 spiro atoms. The number of nitrogens with one attached hydrogen (secondary N) is 1. The summed E-state index contributed by atoms with van der Waals surface area (Å²) in [6.45, 7) is 6.25. The first-order valence-corrected chi connectivity index (χ1v) is 5.01. The number of aliphatic hydroxyl groups excluding tert-OH is 1. The minimum Gasteiger partial charge on any atom is -0.391 e. The molecule has 1 rings (SSSR count). The number of anilines is 2. The minimum absolute atomic E-state index is 0.219. The Hall–Kier alpha value is -1.36. The summed E-state index contributed by atoms with van der Waals surface area (Å²) in [6, 6.07) is 0. The highest BCUT2D eigenvalue weighted by atomic mass is 16.3. The van der Waals surface area contributed by atoms with Crippen LogP contribution in [0.25, 0.3) is 0 Å². The molecule has 0 fully saturated rings. The third-order valence-electron chi connectivity index (χ3n) is 2.37. The van der Waals surface area contributed by atoms with E-state index >= 15 is 0 Å². The second kappa shape index (κ2) is 4.93. The fraction of sp³-hybridized carbons (Fsp3) is 0.600. The second-order valence-corrected chi connectivity index (χ2v) is 3.92. The highest BCUT2D eigenvalue weighted by Gasteiger charge is 2.10. The largest absolute Gasteiger partial charge is 0.391 e. The predicted molar refractivity (Wildman–Crippen MR) is 60.5 cm³/mol. The Kier molecular flexibility index (Phi) is 3.85. The number of hydrogen-bond donors (Lipinski definition) is 3. The van der Waals surface area contributed by atoms with Gasteiger partial charge in [0.15, 0.2) is 0 Å². The lowest BCUT2D eigenvalue weighted by Crippen LogP contribution is -2.25. The maximum Gasteiger partial charge on any atom is 0.134 e. The summed E-state index contributed by atoms with van der Waals surface area (Å²) in [4.78, 5) is 7.92. The van der Waals surface area contributed by atoms with Gasteiger partial charge in [0.1, 0.15) is 18.0 Å². The Morgan fingerprint density at radius 2 is 2.13 bits per heavy atom. The van der Waals surface area contributed by atoms with Gasteiger partial charge in [0.05, 0.1) is 6.10 Å². The van der Waals surface area contributed by atoms with Crippen LogP contribution in [0.4, 0.5) is 11.6 Å². The van der Waals surface area contributed by atoms with Crippen LogP contribution in [0, 0.1) is 12.8 Å². The van der Waals surface area contributed by atoms with Crippen LogP contribution in [0.2, 0.25) is 0 Å². The maximum absolute atomic E-state index is 9.61. The molecule has 84 valence electrons. The second-order valence-electron chi connectivity index (χ2n) is 3.92. The molecule has 0 aliphatic rings. The van der Waals surface area contributed by atoms with E-state index in [1.54, 1.807) is 0 Å². The van der Waals surface area contributed by atoms with Crippen LogP contribution in [0.15, 0.2) is 6.33 Å². The van der Waals surface area contributed by atoms with Gasteiger partial charge in [-0.1, -0.05) is 13.8 Å². The zero-order valence-corrected chi connectivity index (χ0v) is 9.36. The fourth-order valence-corrected chi connectivity index (χ4v) is 1.08. The number of nitrogen functional groups attached to an aromatic ring is 1. The minimum atomic E-state index is -0.388. The molecule has 0 saturated carbocycles. The van der Waals surface area contributed by atoms with Gasteiger partial charge < -0.3 is 16.2 Å². The van der Waals surface area contributed by atoms with Crippen molar-refractivity contribution in [2.45, 2.75) is 26.9 Å². The van der Waals surface area contributed by atoms with E-state index in [0.29, 0.717) is 18.2 Å². The van der Waals surface area contributed by atoms with Gasteiger partial charge in [0, 0.05) is 12.1 Å². The molecule has 1 atom stereocenters. The molecule has 5 nitrogen and oxygen atoms in total. The van der Waals surface area contributed by atoms with Crippen molar-refractivity contribution in [3.05, 3.63) is 11.9 Å². The average Bonchev–Trinajstić information content (AvgIpc) is 2.19. The van der Waals surface area contributed by atoms with E-state index in [1.807, 2.05) is 20.8 Å². The van der Waals surface area contributed by atoms with Crippen LogP contribution in [-0.4, -0.2) is 27.7 Å². The quantitative estimate of drug-likeness (QED) is 0.684. The molecule has 1 heterocycles. The maximum atomic E-state index is 9.61. The molecule has 1 aromatic heterocycles. The van der Waals surface area contributed by atoms with E-state index in [1.165, 1.54) is 6.33 Å². The molecule has 4 N–H and O–H groups in total. The number of nitrogens with zero attached hydrogens (tertiary/aromatic N) is 2. The molecule has 0 amide bonds. The first-order chi connectivity index (χ1) is 7.02. The van der Waals surface area contributed by atoms with Crippen molar-refractivity contribution in [2.75, 3.05) is 17.6 Å². The van der Waals surface area contributed by atoms with Crippen molar-refractivity contribution >= 4 is 11.6 Å². The van der Waals surface area contributed by atoms with E-state index in [0.717, 1.165) is 5.56 Å². The van der Waals surface area contributed by atoms with Gasteiger partial charge in [-0.05, 0) is 12.8 Å². The summed E-state index contributed by atoms with van der Waals surface area (Å²) in [5.74, 6) is 1.37. The zero-order chi connectivity index (χ0) is 11.4. The highest BCUT2D eigenvalue weighted by Crippen LogP contribution is 2.15. The third kappa shape index (κ3) is 3.06. The van der Waals surface area contributed by atoms with Gasteiger partial charge >= 0.3 is 0 Å². The number of aliphatic hydroxyl groups is 1. The SMILES string of the molecule is Cc1c(N)ncnc1NCC(O)C(C)C. The number of hydrogen-bond acceptors (Lipinski definition) is 5. The molecule has 15 heavy (non-hydrogen) atoms. The molecule has 0 aromatic carbocycles. The average molecular weight is 210 g/mol. The first-order valence-electron chi connectivity index (χ1n) is 5.01. The molecule has 1 unspecified atom stereocenters. The normalized spacial score (nSPS) is 12.9. The first kappa shape index (κ1) is 11.7. The van der Waals surface area contributed by atoms with Gasteiger partial charge in [-0.2, -0.15) is 0 Å². The Morgan fingerprint density at radius 3 is 2.73 bits per heavy atom. The molecule has 0 aliphatic heterocycles. The molecule has 0 saturated heterocycles. The Balaban J connectivity index is 2.62. The van der Waals surface area contributed by atoms with Crippen LogP contribution >= 0.6 is 0 Å². The Labute approximate surface area is 89.7 Å². The van der Waals surface area contributed by atoms with Crippen LogP contribution in [0.3, 0.4) is 0 Å². The third-order valence-corrected chi connectivity index (χ3v) is 2.37. The van der Waals surface area contributed by atoms with Crippen molar-refractivity contribution in [1.29, 1.82) is 0 Å². The van der Waals surface area contributed by atoms with Crippen molar-refractivity contribution in [1.82, 2.24) is 9.97 Å². The zero-order valence-electron chi connectivity index (χ0n) is 9.36. The summed E-state index contributed by atoms with van der Waals surface area (Å²) in [6.07, 6.45) is 1.02. The van der Waals surface area contributed by atoms with Gasteiger partial charge in [-0.15, -0.1) is 0 Å². The van der Waals surface area contributed by atoms with Gasteiger partial charge in [0.25, 0.3) is 0 Å². The van der Waals surface area contributed by atoms with Gasteiger partial charge in [-0.3, -0.25) is 0 Å². The van der Waals surface area contributed by atoms with Crippen molar-refractivity contribution in [3.8, 4) is 0 Å². The highest BCUT2D eigenvalue weighted by molar-refractivity contribution is 5.53. The Bertz CT molecular complexity index is 327. The molecular formula is C10H18N4O. The van der Waals surface area contributed by atoms with E-state index in [2.05, 4.69) is 15.3 Å². The van der Waals surface area contributed by atoms with Gasteiger partial charge in [0.2, 0.25) is 0 Å². The number of rotatable bonds is 4. The number of aromatic nitrogens is 2. The summed E-state index contributed by atoms with van der Waals surface area (Å²) in [5.41, 5.74) is 6.45. The topological polar surface area (TPSA) is 84.1 Å². The molecule has 0 radical (unpaired) electrons. The van der Waals surface area contributed by atoms with Crippen molar-refractivity contribution in [3.63, 3.8) is 0 Å². The van der Waals surface area contributed by atoms with Crippen LogP contribution < -0.4 is 11.1 Å². The molecule has 0 aliphatic carbocycles. The monoisotopic (exact) mass is 210 g/mol. The van der Waals surface area contributed by atoms with E-state index in [-0.39, 0.29) is 12.0 Å². The van der Waals surface area contributed by atoms with E-state index in [9.17, 15) is 5.11 Å². The van der Waals surface area contributed by atoms with Crippen molar-refractivity contribution < 1.29 is 5.11 Å². The van der Waals surface area contributed by atoms with Crippen LogP contribution in [0.5, 0.6) is 0 Å².